The van der Waals surface area contributed by atoms with Crippen molar-refractivity contribution in [3.05, 3.63) is 35.9 Å². The fourth-order valence-electron chi connectivity index (χ4n) is 3.16. The Balaban J connectivity index is 1.68. The Morgan fingerprint density at radius 1 is 1.12 bits per heavy atom. The zero-order valence-corrected chi connectivity index (χ0v) is 15.4. The lowest BCUT2D eigenvalue weighted by Crippen LogP contribution is -2.41. The molecule has 1 saturated carbocycles. The van der Waals surface area contributed by atoms with Crippen molar-refractivity contribution in [2.24, 2.45) is 4.99 Å². The van der Waals surface area contributed by atoms with Gasteiger partial charge in [-0.2, -0.15) is 0 Å². The van der Waals surface area contributed by atoms with Crippen LogP contribution in [0.2, 0.25) is 0 Å². The molecule has 2 rings (SSSR count). The van der Waals surface area contributed by atoms with Crippen molar-refractivity contribution in [1.29, 1.82) is 0 Å². The molecule has 0 radical (unpaired) electrons. The van der Waals surface area contributed by atoms with E-state index in [1.54, 1.807) is 0 Å². The second-order valence-electron chi connectivity index (χ2n) is 6.61. The van der Waals surface area contributed by atoms with E-state index < -0.39 is 0 Å². The van der Waals surface area contributed by atoms with Gasteiger partial charge < -0.3 is 16.0 Å². The Kier molecular flexibility index (Phi) is 8.87. The lowest BCUT2D eigenvalue weighted by molar-refractivity contribution is -0.120. The Hall–Kier alpha value is -2.04. The van der Waals surface area contributed by atoms with E-state index in [4.69, 9.17) is 0 Å². The highest BCUT2D eigenvalue weighted by Crippen LogP contribution is 2.17. The number of guanidine groups is 1. The summed E-state index contributed by atoms with van der Waals surface area (Å²) in [7, 11) is 0. The summed E-state index contributed by atoms with van der Waals surface area (Å²) in [4.78, 5) is 16.5. The molecule has 3 N–H and O–H groups in total. The standard InChI is InChI=1S/C20H32N4O/c1-2-21-20(22-15-9-12-17-10-5-3-6-11-17)23-16-19(25)24-18-13-7-4-8-14-18/h3,5-6,10-11,18H,2,4,7-9,12-16H2,1H3,(H,24,25)(H2,21,22,23). The summed E-state index contributed by atoms with van der Waals surface area (Å²) in [6, 6.07) is 10.8. The molecule has 1 aromatic rings. The molecular weight excluding hydrogens is 312 g/mol. The number of aryl methyl sites for hydroxylation is 1. The molecule has 1 aromatic carbocycles. The van der Waals surface area contributed by atoms with Crippen LogP contribution in [0, 0.1) is 0 Å². The van der Waals surface area contributed by atoms with Crippen molar-refractivity contribution < 1.29 is 4.79 Å². The Bertz CT molecular complexity index is 524. The molecule has 25 heavy (non-hydrogen) atoms. The smallest absolute Gasteiger partial charge is 0.242 e. The predicted molar refractivity (Wildman–Crippen MR) is 104 cm³/mol. The molecule has 1 aliphatic carbocycles. The van der Waals surface area contributed by atoms with Gasteiger partial charge in [0.25, 0.3) is 0 Å². The number of benzene rings is 1. The first kappa shape index (κ1) is 19.3. The summed E-state index contributed by atoms with van der Waals surface area (Å²) in [5.74, 6) is 0.739. The van der Waals surface area contributed by atoms with E-state index in [9.17, 15) is 4.79 Å². The maximum absolute atomic E-state index is 12.1. The van der Waals surface area contributed by atoms with Crippen molar-refractivity contribution in [1.82, 2.24) is 16.0 Å². The number of rotatable bonds is 8. The molecule has 0 spiro atoms. The van der Waals surface area contributed by atoms with Gasteiger partial charge in [0.2, 0.25) is 5.91 Å². The van der Waals surface area contributed by atoms with Gasteiger partial charge in [0.15, 0.2) is 5.96 Å². The number of amides is 1. The monoisotopic (exact) mass is 344 g/mol. The van der Waals surface area contributed by atoms with Crippen LogP contribution in [0.5, 0.6) is 0 Å². The highest BCUT2D eigenvalue weighted by atomic mass is 16.1. The number of hydrogen-bond donors (Lipinski definition) is 3. The van der Waals surface area contributed by atoms with Crippen LogP contribution in [0.15, 0.2) is 35.3 Å². The fourth-order valence-corrected chi connectivity index (χ4v) is 3.16. The van der Waals surface area contributed by atoms with Gasteiger partial charge in [0.1, 0.15) is 6.54 Å². The minimum Gasteiger partial charge on any atom is -0.357 e. The first-order valence-electron chi connectivity index (χ1n) is 9.63. The molecule has 0 atom stereocenters. The SMILES string of the molecule is CCNC(=NCC(=O)NC1CCCCC1)NCCCc1ccccc1. The number of carbonyl (C=O) groups is 1. The number of aliphatic imine (C=N–C) groups is 1. The quantitative estimate of drug-likeness (QED) is 0.386. The minimum atomic E-state index is 0.0217. The zero-order chi connectivity index (χ0) is 17.7. The van der Waals surface area contributed by atoms with Crippen LogP contribution in [0.4, 0.5) is 0 Å². The third-order valence-corrected chi connectivity index (χ3v) is 4.47. The van der Waals surface area contributed by atoms with Crippen LogP contribution in [-0.2, 0) is 11.2 Å². The molecular formula is C20H32N4O. The summed E-state index contributed by atoms with van der Waals surface area (Å²) in [6.07, 6.45) is 8.01. The van der Waals surface area contributed by atoms with Crippen LogP contribution in [-0.4, -0.2) is 37.5 Å². The van der Waals surface area contributed by atoms with E-state index >= 15 is 0 Å². The van der Waals surface area contributed by atoms with E-state index in [0.29, 0.717) is 12.0 Å². The Labute approximate surface area is 151 Å². The summed E-state index contributed by atoms with van der Waals surface area (Å²) in [5, 5.41) is 9.61. The second-order valence-corrected chi connectivity index (χ2v) is 6.61. The van der Waals surface area contributed by atoms with Gasteiger partial charge in [-0.15, -0.1) is 0 Å². The predicted octanol–water partition coefficient (Wildman–Crippen LogP) is 2.62. The molecule has 0 aliphatic heterocycles. The van der Waals surface area contributed by atoms with E-state index in [-0.39, 0.29) is 12.5 Å². The number of nitrogens with one attached hydrogen (secondary N) is 3. The van der Waals surface area contributed by atoms with Gasteiger partial charge in [0, 0.05) is 19.1 Å². The van der Waals surface area contributed by atoms with Crippen LogP contribution >= 0.6 is 0 Å². The molecule has 0 heterocycles. The van der Waals surface area contributed by atoms with Gasteiger partial charge in [-0.3, -0.25) is 4.79 Å². The van der Waals surface area contributed by atoms with Crippen molar-refractivity contribution in [2.75, 3.05) is 19.6 Å². The average Bonchev–Trinajstić information content (AvgIpc) is 2.65. The van der Waals surface area contributed by atoms with Crippen molar-refractivity contribution >= 4 is 11.9 Å². The molecule has 5 nitrogen and oxygen atoms in total. The van der Waals surface area contributed by atoms with Crippen molar-refractivity contribution in [3.8, 4) is 0 Å². The molecule has 5 heteroatoms. The fraction of sp³-hybridized carbons (Fsp3) is 0.600. The molecule has 0 aromatic heterocycles. The first-order valence-corrected chi connectivity index (χ1v) is 9.63. The summed E-state index contributed by atoms with van der Waals surface area (Å²) < 4.78 is 0. The molecule has 0 bridgehead atoms. The topological polar surface area (TPSA) is 65.5 Å². The van der Waals surface area contributed by atoms with Gasteiger partial charge >= 0.3 is 0 Å². The van der Waals surface area contributed by atoms with Crippen LogP contribution < -0.4 is 16.0 Å². The average molecular weight is 345 g/mol. The van der Waals surface area contributed by atoms with Gasteiger partial charge in [-0.25, -0.2) is 4.99 Å². The van der Waals surface area contributed by atoms with Gasteiger partial charge in [-0.1, -0.05) is 49.6 Å². The van der Waals surface area contributed by atoms with Crippen LogP contribution in [0.1, 0.15) is 51.0 Å². The second kappa shape index (κ2) is 11.5. The summed E-state index contributed by atoms with van der Waals surface area (Å²) >= 11 is 0. The lowest BCUT2D eigenvalue weighted by atomic mass is 9.95. The minimum absolute atomic E-state index is 0.0217. The molecule has 138 valence electrons. The zero-order valence-electron chi connectivity index (χ0n) is 15.4. The van der Waals surface area contributed by atoms with Crippen molar-refractivity contribution in [2.45, 2.75) is 57.9 Å². The van der Waals surface area contributed by atoms with Gasteiger partial charge in [0.05, 0.1) is 0 Å². The first-order chi connectivity index (χ1) is 12.3. The third kappa shape index (κ3) is 8.05. The summed E-state index contributed by atoms with van der Waals surface area (Å²) in [6.45, 7) is 3.84. The van der Waals surface area contributed by atoms with E-state index in [1.165, 1.54) is 24.8 Å². The van der Waals surface area contributed by atoms with E-state index in [0.717, 1.165) is 38.8 Å². The largest absolute Gasteiger partial charge is 0.357 e. The highest BCUT2D eigenvalue weighted by Gasteiger charge is 2.15. The lowest BCUT2D eigenvalue weighted by Gasteiger charge is -2.22. The maximum atomic E-state index is 12.1. The summed E-state index contributed by atoms with van der Waals surface area (Å²) in [5.41, 5.74) is 1.35. The van der Waals surface area contributed by atoms with Gasteiger partial charge in [-0.05, 0) is 38.2 Å². The molecule has 1 amide bonds. The molecule has 0 unspecified atom stereocenters. The Morgan fingerprint density at radius 2 is 1.88 bits per heavy atom. The highest BCUT2D eigenvalue weighted by molar-refractivity contribution is 5.85. The van der Waals surface area contributed by atoms with Crippen LogP contribution in [0.3, 0.4) is 0 Å². The van der Waals surface area contributed by atoms with E-state index in [1.807, 2.05) is 13.0 Å². The van der Waals surface area contributed by atoms with Crippen LogP contribution in [0.25, 0.3) is 0 Å². The molecule has 1 fully saturated rings. The Morgan fingerprint density at radius 3 is 2.60 bits per heavy atom. The third-order valence-electron chi connectivity index (χ3n) is 4.47. The molecule has 0 saturated heterocycles. The van der Waals surface area contributed by atoms with E-state index in [2.05, 4.69) is 45.2 Å². The molecule has 1 aliphatic rings. The number of nitrogens with zero attached hydrogens (tertiary/aromatic N) is 1. The number of carbonyl (C=O) groups excluding carboxylic acids is 1. The van der Waals surface area contributed by atoms with Crippen molar-refractivity contribution in [3.63, 3.8) is 0 Å². The maximum Gasteiger partial charge on any atom is 0.242 e. The number of hydrogen-bond acceptors (Lipinski definition) is 2. The normalized spacial score (nSPS) is 15.6.